The van der Waals surface area contributed by atoms with Crippen molar-refractivity contribution in [2.24, 2.45) is 5.92 Å². The Bertz CT molecular complexity index is 440. The summed E-state index contributed by atoms with van der Waals surface area (Å²) in [5.41, 5.74) is -0.198. The highest BCUT2D eigenvalue weighted by atomic mass is 35.5. The highest BCUT2D eigenvalue weighted by Crippen LogP contribution is 2.28. The maximum absolute atomic E-state index is 13.1. The first-order valence-electron chi connectivity index (χ1n) is 5.52. The van der Waals surface area contributed by atoms with Crippen molar-refractivity contribution >= 4 is 17.5 Å². The van der Waals surface area contributed by atoms with E-state index in [0.29, 0.717) is 13.0 Å². The van der Waals surface area contributed by atoms with E-state index in [0.717, 1.165) is 12.1 Å². The number of carbonyl (C=O) groups excluding carboxylic acids is 1. The first kappa shape index (κ1) is 14.7. The minimum Gasteiger partial charge on any atom is -0.506 e. The number of carbonyl (C=O) groups is 1. The molecular formula is C12H15ClFNO3. The van der Waals surface area contributed by atoms with Crippen molar-refractivity contribution in [1.82, 2.24) is 5.32 Å². The summed E-state index contributed by atoms with van der Waals surface area (Å²) in [6.07, 6.45) is 0.552. The number of phenols is 1. The Morgan fingerprint density at radius 2 is 2.22 bits per heavy atom. The summed E-state index contributed by atoms with van der Waals surface area (Å²) in [5, 5.41) is 20.6. The minimum absolute atomic E-state index is 0.0358. The number of hydrogen-bond acceptors (Lipinski definition) is 3. The lowest BCUT2D eigenvalue weighted by Gasteiger charge is -2.12. The van der Waals surface area contributed by atoms with Crippen LogP contribution >= 0.6 is 11.6 Å². The van der Waals surface area contributed by atoms with Crippen LogP contribution in [0.25, 0.3) is 0 Å². The number of aliphatic hydroxyl groups is 1. The van der Waals surface area contributed by atoms with Gasteiger partial charge in [-0.25, -0.2) is 4.39 Å². The molecule has 1 unspecified atom stereocenters. The monoisotopic (exact) mass is 275 g/mol. The number of benzene rings is 1. The van der Waals surface area contributed by atoms with Gasteiger partial charge < -0.3 is 15.5 Å². The standard InChI is InChI=1S/C12H15ClFNO3/c1-7(2-3-16)6-15-12(18)9-4-8(14)5-10(13)11(9)17/h4-5,7,16-17H,2-3,6H2,1H3,(H,15,18). The Morgan fingerprint density at radius 3 is 2.83 bits per heavy atom. The predicted molar refractivity (Wildman–Crippen MR) is 66.3 cm³/mol. The molecule has 0 bridgehead atoms. The molecule has 1 aromatic rings. The van der Waals surface area contributed by atoms with Crippen molar-refractivity contribution in [3.05, 3.63) is 28.5 Å². The lowest BCUT2D eigenvalue weighted by Crippen LogP contribution is -2.28. The second-order valence-electron chi connectivity index (χ2n) is 4.11. The van der Waals surface area contributed by atoms with E-state index in [1.807, 2.05) is 6.92 Å². The SMILES string of the molecule is CC(CCO)CNC(=O)c1cc(F)cc(Cl)c1O. The zero-order valence-electron chi connectivity index (χ0n) is 9.91. The smallest absolute Gasteiger partial charge is 0.255 e. The molecule has 18 heavy (non-hydrogen) atoms. The fourth-order valence-corrected chi connectivity index (χ4v) is 1.63. The molecule has 0 aliphatic heterocycles. The van der Waals surface area contributed by atoms with Crippen LogP contribution in [0.5, 0.6) is 5.75 Å². The van der Waals surface area contributed by atoms with Gasteiger partial charge in [0, 0.05) is 13.2 Å². The number of hydrogen-bond donors (Lipinski definition) is 3. The van der Waals surface area contributed by atoms with Gasteiger partial charge in [-0.2, -0.15) is 0 Å². The highest BCUT2D eigenvalue weighted by Gasteiger charge is 2.16. The van der Waals surface area contributed by atoms with Crippen LogP contribution in [0.1, 0.15) is 23.7 Å². The van der Waals surface area contributed by atoms with Crippen molar-refractivity contribution in [3.8, 4) is 5.75 Å². The molecule has 1 amide bonds. The predicted octanol–water partition coefficient (Wildman–Crippen LogP) is 1.93. The quantitative estimate of drug-likeness (QED) is 0.769. The molecule has 6 heteroatoms. The van der Waals surface area contributed by atoms with Crippen molar-refractivity contribution in [3.63, 3.8) is 0 Å². The molecular weight excluding hydrogens is 261 g/mol. The van der Waals surface area contributed by atoms with E-state index in [2.05, 4.69) is 5.32 Å². The molecule has 3 N–H and O–H groups in total. The summed E-state index contributed by atoms with van der Waals surface area (Å²) < 4.78 is 13.1. The average Bonchev–Trinajstić information content (AvgIpc) is 2.31. The Hall–Kier alpha value is -1.33. The number of aromatic hydroxyl groups is 1. The first-order chi connectivity index (χ1) is 8.45. The molecule has 4 nitrogen and oxygen atoms in total. The van der Waals surface area contributed by atoms with Gasteiger partial charge in [-0.15, -0.1) is 0 Å². The molecule has 100 valence electrons. The number of nitrogens with one attached hydrogen (secondary N) is 1. The molecule has 1 aromatic carbocycles. The van der Waals surface area contributed by atoms with Crippen LogP contribution in [0.15, 0.2) is 12.1 Å². The molecule has 0 radical (unpaired) electrons. The molecule has 0 heterocycles. The fourth-order valence-electron chi connectivity index (χ4n) is 1.42. The van der Waals surface area contributed by atoms with Crippen molar-refractivity contribution < 1.29 is 19.4 Å². The third-order valence-corrected chi connectivity index (χ3v) is 2.79. The van der Waals surface area contributed by atoms with Crippen LogP contribution in [0.2, 0.25) is 5.02 Å². The van der Waals surface area contributed by atoms with Gasteiger partial charge in [0.25, 0.3) is 5.91 Å². The van der Waals surface area contributed by atoms with E-state index in [-0.39, 0.29) is 23.1 Å². The van der Waals surface area contributed by atoms with Gasteiger partial charge in [0.15, 0.2) is 0 Å². The van der Waals surface area contributed by atoms with Gasteiger partial charge in [-0.3, -0.25) is 4.79 Å². The zero-order valence-corrected chi connectivity index (χ0v) is 10.7. The van der Waals surface area contributed by atoms with E-state index >= 15 is 0 Å². The van der Waals surface area contributed by atoms with Crippen molar-refractivity contribution in [2.75, 3.05) is 13.2 Å². The number of halogens is 2. The van der Waals surface area contributed by atoms with Crippen LogP contribution in [-0.4, -0.2) is 29.3 Å². The molecule has 1 atom stereocenters. The van der Waals surface area contributed by atoms with Crippen LogP contribution in [-0.2, 0) is 0 Å². The van der Waals surface area contributed by atoms with Crippen LogP contribution in [0, 0.1) is 11.7 Å². The van der Waals surface area contributed by atoms with Crippen molar-refractivity contribution in [1.29, 1.82) is 0 Å². The number of aliphatic hydroxyl groups excluding tert-OH is 1. The fraction of sp³-hybridized carbons (Fsp3) is 0.417. The summed E-state index contributed by atoms with van der Waals surface area (Å²) in [5.74, 6) is -1.64. The molecule has 0 aliphatic rings. The van der Waals surface area contributed by atoms with Gasteiger partial charge >= 0.3 is 0 Å². The van der Waals surface area contributed by atoms with Crippen molar-refractivity contribution in [2.45, 2.75) is 13.3 Å². The molecule has 0 saturated heterocycles. The van der Waals surface area contributed by atoms with Gasteiger partial charge in [-0.1, -0.05) is 18.5 Å². The van der Waals surface area contributed by atoms with Gasteiger partial charge in [0.1, 0.15) is 11.6 Å². The van der Waals surface area contributed by atoms with E-state index in [9.17, 15) is 14.3 Å². The lowest BCUT2D eigenvalue weighted by atomic mass is 10.1. The van der Waals surface area contributed by atoms with E-state index in [1.54, 1.807) is 0 Å². The van der Waals surface area contributed by atoms with E-state index in [1.165, 1.54) is 0 Å². The maximum atomic E-state index is 13.1. The topological polar surface area (TPSA) is 69.6 Å². The average molecular weight is 276 g/mol. The number of rotatable bonds is 5. The summed E-state index contributed by atoms with van der Waals surface area (Å²) in [7, 11) is 0. The Kier molecular flexibility index (Phi) is 5.37. The summed E-state index contributed by atoms with van der Waals surface area (Å²) in [6, 6.07) is 1.86. The van der Waals surface area contributed by atoms with E-state index in [4.69, 9.17) is 16.7 Å². The summed E-state index contributed by atoms with van der Waals surface area (Å²) >= 11 is 5.57. The third kappa shape index (κ3) is 3.85. The second-order valence-corrected chi connectivity index (χ2v) is 4.52. The zero-order chi connectivity index (χ0) is 13.7. The largest absolute Gasteiger partial charge is 0.506 e. The Balaban J connectivity index is 2.73. The highest BCUT2D eigenvalue weighted by molar-refractivity contribution is 6.32. The number of amides is 1. The molecule has 0 aliphatic carbocycles. The maximum Gasteiger partial charge on any atom is 0.255 e. The normalized spacial score (nSPS) is 12.2. The third-order valence-electron chi connectivity index (χ3n) is 2.51. The minimum atomic E-state index is -0.689. The first-order valence-corrected chi connectivity index (χ1v) is 5.90. The molecule has 1 rings (SSSR count). The lowest BCUT2D eigenvalue weighted by molar-refractivity contribution is 0.0942. The van der Waals surface area contributed by atoms with Crippen LogP contribution in [0.3, 0.4) is 0 Å². The molecule has 0 spiro atoms. The van der Waals surface area contributed by atoms with Gasteiger partial charge in [0.2, 0.25) is 0 Å². The van der Waals surface area contributed by atoms with Crippen LogP contribution < -0.4 is 5.32 Å². The van der Waals surface area contributed by atoms with E-state index < -0.39 is 17.5 Å². The Morgan fingerprint density at radius 1 is 1.56 bits per heavy atom. The second kappa shape index (κ2) is 6.56. The molecule has 0 saturated carbocycles. The van der Waals surface area contributed by atoms with Gasteiger partial charge in [-0.05, 0) is 24.5 Å². The summed E-state index contributed by atoms with van der Waals surface area (Å²) in [4.78, 5) is 11.7. The summed E-state index contributed by atoms with van der Waals surface area (Å²) in [6.45, 7) is 2.22. The van der Waals surface area contributed by atoms with Crippen LogP contribution in [0.4, 0.5) is 4.39 Å². The van der Waals surface area contributed by atoms with Gasteiger partial charge in [0.05, 0.1) is 10.6 Å². The molecule has 0 fully saturated rings. The molecule has 0 aromatic heterocycles. The number of phenolic OH excluding ortho intramolecular Hbond substituents is 1. The Labute approximate surface area is 109 Å².